The molecule has 0 aliphatic rings. The van der Waals surface area contributed by atoms with Crippen LogP contribution in [0, 0.1) is 5.92 Å². The van der Waals surface area contributed by atoms with Crippen LogP contribution in [0.4, 0.5) is 0 Å². The number of hydrogen-bond donors (Lipinski definition) is 0. The average molecular weight is 162 g/mol. The number of hydrogen-bond acceptors (Lipinski definition) is 0. The van der Waals surface area contributed by atoms with Gasteiger partial charge in [-0.15, -0.1) is 0 Å². The van der Waals surface area contributed by atoms with E-state index in [4.69, 9.17) is 0 Å². The summed E-state index contributed by atoms with van der Waals surface area (Å²) in [5.74, 6) is 0.539. The summed E-state index contributed by atoms with van der Waals surface area (Å²) in [6.45, 7) is 13.8. The van der Waals surface area contributed by atoms with Gasteiger partial charge in [0.2, 0.25) is 0 Å². The van der Waals surface area contributed by atoms with Gasteiger partial charge in [-0.1, -0.05) is 56.9 Å². The van der Waals surface area contributed by atoms with Gasteiger partial charge in [-0.2, -0.15) is 0 Å². The molecule has 0 fully saturated rings. The van der Waals surface area contributed by atoms with Gasteiger partial charge < -0.3 is 0 Å². The SMILES string of the molecule is C=CC(=CC=CC(=C)C)C(C)C. The summed E-state index contributed by atoms with van der Waals surface area (Å²) in [6.07, 6.45) is 7.98. The van der Waals surface area contributed by atoms with Crippen molar-refractivity contribution in [2.45, 2.75) is 20.8 Å². The first-order valence-corrected chi connectivity index (χ1v) is 4.24. The predicted molar refractivity (Wildman–Crippen MR) is 57.1 cm³/mol. The van der Waals surface area contributed by atoms with Gasteiger partial charge in [0.25, 0.3) is 0 Å². The molecule has 0 heteroatoms. The highest BCUT2D eigenvalue weighted by molar-refractivity contribution is 5.26. The van der Waals surface area contributed by atoms with Crippen molar-refractivity contribution in [1.29, 1.82) is 0 Å². The molecule has 0 aromatic rings. The molecule has 0 rings (SSSR count). The Hall–Kier alpha value is -1.04. The van der Waals surface area contributed by atoms with E-state index in [1.165, 1.54) is 5.57 Å². The third-order valence-corrected chi connectivity index (χ3v) is 1.57. The van der Waals surface area contributed by atoms with E-state index in [1.54, 1.807) is 0 Å². The molecular weight excluding hydrogens is 144 g/mol. The maximum Gasteiger partial charge on any atom is -0.0219 e. The first-order chi connectivity index (χ1) is 5.57. The molecule has 66 valence electrons. The van der Waals surface area contributed by atoms with E-state index in [0.717, 1.165) is 5.57 Å². The normalized spacial score (nSPS) is 12.5. The van der Waals surface area contributed by atoms with Crippen molar-refractivity contribution in [3.63, 3.8) is 0 Å². The van der Waals surface area contributed by atoms with Crippen molar-refractivity contribution in [2.75, 3.05) is 0 Å². The molecule has 0 atom stereocenters. The van der Waals surface area contributed by atoms with Crippen molar-refractivity contribution in [2.24, 2.45) is 5.92 Å². The lowest BCUT2D eigenvalue weighted by Gasteiger charge is -2.03. The predicted octanol–water partition coefficient (Wildman–Crippen LogP) is 3.89. The Morgan fingerprint density at radius 1 is 1.33 bits per heavy atom. The Morgan fingerprint density at radius 2 is 1.92 bits per heavy atom. The molecule has 12 heavy (non-hydrogen) atoms. The van der Waals surface area contributed by atoms with E-state index >= 15 is 0 Å². The van der Waals surface area contributed by atoms with Crippen LogP contribution >= 0.6 is 0 Å². The van der Waals surface area contributed by atoms with Crippen LogP contribution in [-0.4, -0.2) is 0 Å². The lowest BCUT2D eigenvalue weighted by Crippen LogP contribution is -1.88. The van der Waals surface area contributed by atoms with Crippen LogP contribution in [0.3, 0.4) is 0 Å². The second-order valence-corrected chi connectivity index (χ2v) is 3.23. The third kappa shape index (κ3) is 4.73. The fourth-order valence-corrected chi connectivity index (χ4v) is 0.820. The molecule has 0 bridgehead atoms. The van der Waals surface area contributed by atoms with Crippen molar-refractivity contribution in [3.05, 3.63) is 48.6 Å². The Bertz CT molecular complexity index is 214. The smallest absolute Gasteiger partial charge is 0.0219 e. The monoisotopic (exact) mass is 162 g/mol. The van der Waals surface area contributed by atoms with Gasteiger partial charge in [-0.3, -0.25) is 0 Å². The summed E-state index contributed by atoms with van der Waals surface area (Å²) in [7, 11) is 0. The molecule has 0 heterocycles. The van der Waals surface area contributed by atoms with Gasteiger partial charge in [0.05, 0.1) is 0 Å². The summed E-state index contributed by atoms with van der Waals surface area (Å²) in [6, 6.07) is 0. The quantitative estimate of drug-likeness (QED) is 0.550. The van der Waals surface area contributed by atoms with Gasteiger partial charge in [0, 0.05) is 0 Å². The Labute approximate surface area is 76.0 Å². The molecule has 0 aromatic heterocycles. The summed E-state index contributed by atoms with van der Waals surface area (Å²) >= 11 is 0. The van der Waals surface area contributed by atoms with Gasteiger partial charge >= 0.3 is 0 Å². The van der Waals surface area contributed by atoms with Gasteiger partial charge in [0.1, 0.15) is 0 Å². The van der Waals surface area contributed by atoms with Crippen LogP contribution in [0.5, 0.6) is 0 Å². The summed E-state index contributed by atoms with van der Waals surface area (Å²) in [5.41, 5.74) is 2.32. The minimum absolute atomic E-state index is 0.539. The zero-order chi connectivity index (χ0) is 9.56. The van der Waals surface area contributed by atoms with Crippen LogP contribution in [0.25, 0.3) is 0 Å². The molecule has 0 saturated heterocycles. The maximum atomic E-state index is 3.78. The van der Waals surface area contributed by atoms with E-state index in [9.17, 15) is 0 Å². The van der Waals surface area contributed by atoms with E-state index in [1.807, 2.05) is 25.2 Å². The zero-order valence-corrected chi connectivity index (χ0v) is 8.30. The average Bonchev–Trinajstić information content (AvgIpc) is 1.96. The van der Waals surface area contributed by atoms with Crippen LogP contribution in [0.2, 0.25) is 0 Å². The van der Waals surface area contributed by atoms with E-state index in [-0.39, 0.29) is 0 Å². The summed E-state index contributed by atoms with van der Waals surface area (Å²) in [4.78, 5) is 0. The van der Waals surface area contributed by atoms with Gasteiger partial charge in [-0.05, 0) is 18.4 Å². The fraction of sp³-hybridized carbons (Fsp3) is 0.333. The minimum atomic E-state index is 0.539. The number of rotatable bonds is 4. The second kappa shape index (κ2) is 5.59. The second-order valence-electron chi connectivity index (χ2n) is 3.23. The van der Waals surface area contributed by atoms with Crippen molar-refractivity contribution in [3.8, 4) is 0 Å². The zero-order valence-electron chi connectivity index (χ0n) is 8.30. The topological polar surface area (TPSA) is 0 Å². The number of allylic oxidation sites excluding steroid dienone is 6. The highest BCUT2D eigenvalue weighted by Gasteiger charge is 1.94. The Morgan fingerprint density at radius 3 is 2.25 bits per heavy atom. The van der Waals surface area contributed by atoms with Crippen molar-refractivity contribution >= 4 is 0 Å². The highest BCUT2D eigenvalue weighted by atomic mass is 14.0. The lowest BCUT2D eigenvalue weighted by atomic mass is 10.0. The Kier molecular flexibility index (Phi) is 5.11. The first-order valence-electron chi connectivity index (χ1n) is 4.24. The molecule has 0 N–H and O–H groups in total. The van der Waals surface area contributed by atoms with Crippen LogP contribution in [0.1, 0.15) is 20.8 Å². The van der Waals surface area contributed by atoms with Gasteiger partial charge in [0.15, 0.2) is 0 Å². The molecule has 0 spiro atoms. The highest BCUT2D eigenvalue weighted by Crippen LogP contribution is 2.10. The van der Waals surface area contributed by atoms with Crippen LogP contribution < -0.4 is 0 Å². The largest absolute Gasteiger partial charge is 0.0988 e. The molecule has 0 radical (unpaired) electrons. The van der Waals surface area contributed by atoms with Crippen LogP contribution in [-0.2, 0) is 0 Å². The molecule has 0 aliphatic heterocycles. The van der Waals surface area contributed by atoms with E-state index in [0.29, 0.717) is 5.92 Å². The first kappa shape index (κ1) is 11.0. The molecule has 0 aromatic carbocycles. The fourth-order valence-electron chi connectivity index (χ4n) is 0.820. The van der Waals surface area contributed by atoms with Crippen molar-refractivity contribution in [1.82, 2.24) is 0 Å². The molecule has 0 unspecified atom stereocenters. The molecule has 0 aliphatic carbocycles. The van der Waals surface area contributed by atoms with Gasteiger partial charge in [-0.25, -0.2) is 0 Å². The molecule has 0 amide bonds. The van der Waals surface area contributed by atoms with Crippen LogP contribution in [0.15, 0.2) is 48.6 Å². The Balaban J connectivity index is 4.31. The minimum Gasteiger partial charge on any atom is -0.0988 e. The summed E-state index contributed by atoms with van der Waals surface area (Å²) in [5, 5.41) is 0. The third-order valence-electron chi connectivity index (χ3n) is 1.57. The standard InChI is InChI=1S/C12H18/c1-6-12(11(4)5)9-7-8-10(2)3/h6-9,11H,1-2H2,3-5H3. The lowest BCUT2D eigenvalue weighted by molar-refractivity contribution is 0.792. The van der Waals surface area contributed by atoms with Crippen molar-refractivity contribution < 1.29 is 0 Å². The van der Waals surface area contributed by atoms with E-state index in [2.05, 4.69) is 33.1 Å². The molecule has 0 nitrogen and oxygen atoms in total. The van der Waals surface area contributed by atoms with E-state index < -0.39 is 0 Å². The maximum absolute atomic E-state index is 3.78. The molecular formula is C12H18. The summed E-state index contributed by atoms with van der Waals surface area (Å²) < 4.78 is 0. The molecule has 0 saturated carbocycles.